The molecule has 0 saturated carbocycles. The lowest BCUT2D eigenvalue weighted by molar-refractivity contribution is -0.116. The van der Waals surface area contributed by atoms with E-state index >= 15 is 0 Å². The van der Waals surface area contributed by atoms with Crippen molar-refractivity contribution in [3.05, 3.63) is 58.1 Å². The van der Waals surface area contributed by atoms with Gasteiger partial charge in [-0.1, -0.05) is 49.2 Å². The van der Waals surface area contributed by atoms with Gasteiger partial charge in [-0.2, -0.15) is 0 Å². The van der Waals surface area contributed by atoms with Gasteiger partial charge >= 0.3 is 0 Å². The van der Waals surface area contributed by atoms with E-state index < -0.39 is 10.0 Å². The van der Waals surface area contributed by atoms with E-state index in [1.54, 1.807) is 42.5 Å². The standard InChI is InChI=1S/C19H22Cl2N2O3S/c1-13(2)12-22-27(25,26)16-7-3-14(4-8-16)5-10-19(24)23-18-11-15(20)6-9-17(18)21/h3-4,6-9,11,13,22H,5,10,12H2,1-2H3,(H,23,24). The minimum Gasteiger partial charge on any atom is -0.325 e. The van der Waals surface area contributed by atoms with Crippen LogP contribution in [0.2, 0.25) is 10.0 Å². The van der Waals surface area contributed by atoms with Crippen molar-refractivity contribution >= 4 is 44.8 Å². The summed E-state index contributed by atoms with van der Waals surface area (Å²) >= 11 is 11.9. The van der Waals surface area contributed by atoms with Gasteiger partial charge in [-0.25, -0.2) is 13.1 Å². The van der Waals surface area contributed by atoms with E-state index in [-0.39, 0.29) is 23.1 Å². The minimum atomic E-state index is -3.51. The predicted molar refractivity (Wildman–Crippen MR) is 110 cm³/mol. The fraction of sp³-hybridized carbons (Fsp3) is 0.316. The summed E-state index contributed by atoms with van der Waals surface area (Å²) in [5.74, 6) is 0.0278. The van der Waals surface area contributed by atoms with Gasteiger partial charge in [-0.05, 0) is 48.2 Å². The third kappa shape index (κ3) is 6.81. The van der Waals surface area contributed by atoms with E-state index in [0.717, 1.165) is 5.56 Å². The van der Waals surface area contributed by atoms with Crippen LogP contribution in [0.1, 0.15) is 25.8 Å². The third-order valence-corrected chi connectivity index (χ3v) is 5.76. The molecule has 0 unspecified atom stereocenters. The highest BCUT2D eigenvalue weighted by Crippen LogP contribution is 2.25. The van der Waals surface area contributed by atoms with Gasteiger partial charge in [0.2, 0.25) is 15.9 Å². The van der Waals surface area contributed by atoms with Crippen LogP contribution in [0.3, 0.4) is 0 Å². The second-order valence-electron chi connectivity index (χ2n) is 6.56. The molecule has 0 aliphatic heterocycles. The summed E-state index contributed by atoms with van der Waals surface area (Å²) in [6, 6.07) is 11.4. The highest BCUT2D eigenvalue weighted by Gasteiger charge is 2.14. The van der Waals surface area contributed by atoms with Crippen molar-refractivity contribution in [1.29, 1.82) is 0 Å². The Hall–Kier alpha value is -1.60. The second kappa shape index (κ2) is 9.55. The molecule has 2 rings (SSSR count). The van der Waals surface area contributed by atoms with Crippen molar-refractivity contribution in [3.8, 4) is 0 Å². The molecule has 0 aliphatic rings. The van der Waals surface area contributed by atoms with Crippen LogP contribution in [-0.2, 0) is 21.2 Å². The quantitative estimate of drug-likeness (QED) is 0.649. The summed E-state index contributed by atoms with van der Waals surface area (Å²) < 4.78 is 26.9. The summed E-state index contributed by atoms with van der Waals surface area (Å²) in [7, 11) is -3.51. The molecule has 0 atom stereocenters. The zero-order valence-corrected chi connectivity index (χ0v) is 17.5. The fourth-order valence-corrected chi connectivity index (χ4v) is 3.81. The molecule has 0 bridgehead atoms. The number of halogens is 2. The van der Waals surface area contributed by atoms with Gasteiger partial charge in [0.05, 0.1) is 15.6 Å². The van der Waals surface area contributed by atoms with Crippen molar-refractivity contribution in [2.24, 2.45) is 5.92 Å². The highest BCUT2D eigenvalue weighted by molar-refractivity contribution is 7.89. The fourth-order valence-electron chi connectivity index (χ4n) is 2.26. The van der Waals surface area contributed by atoms with Crippen LogP contribution in [0.25, 0.3) is 0 Å². The van der Waals surface area contributed by atoms with Gasteiger partial charge in [0, 0.05) is 18.0 Å². The van der Waals surface area contributed by atoms with E-state index in [9.17, 15) is 13.2 Å². The maximum absolute atomic E-state index is 12.2. The van der Waals surface area contributed by atoms with Gasteiger partial charge < -0.3 is 5.32 Å². The molecule has 2 aromatic carbocycles. The smallest absolute Gasteiger partial charge is 0.240 e. The van der Waals surface area contributed by atoms with Crippen LogP contribution in [0, 0.1) is 5.92 Å². The van der Waals surface area contributed by atoms with Crippen LogP contribution in [-0.4, -0.2) is 20.9 Å². The molecule has 0 heterocycles. The number of anilines is 1. The Labute approximate surface area is 170 Å². The molecule has 8 heteroatoms. The molecular weight excluding hydrogens is 407 g/mol. The first-order chi connectivity index (χ1) is 12.7. The van der Waals surface area contributed by atoms with Gasteiger partial charge in [0.25, 0.3) is 0 Å². The number of hydrogen-bond acceptors (Lipinski definition) is 3. The van der Waals surface area contributed by atoms with Crippen LogP contribution in [0.15, 0.2) is 47.4 Å². The average molecular weight is 429 g/mol. The average Bonchev–Trinajstić information content (AvgIpc) is 2.62. The van der Waals surface area contributed by atoms with E-state index in [2.05, 4.69) is 10.0 Å². The summed E-state index contributed by atoms with van der Waals surface area (Å²) in [6.07, 6.45) is 0.713. The van der Waals surface area contributed by atoms with Crippen molar-refractivity contribution in [3.63, 3.8) is 0 Å². The molecule has 0 saturated heterocycles. The topological polar surface area (TPSA) is 75.3 Å². The van der Waals surface area contributed by atoms with E-state index in [4.69, 9.17) is 23.2 Å². The van der Waals surface area contributed by atoms with Crippen molar-refractivity contribution < 1.29 is 13.2 Å². The van der Waals surface area contributed by atoms with E-state index in [0.29, 0.717) is 28.7 Å². The summed E-state index contributed by atoms with van der Waals surface area (Å²) in [5, 5.41) is 3.62. The van der Waals surface area contributed by atoms with Crippen molar-refractivity contribution in [1.82, 2.24) is 4.72 Å². The lowest BCUT2D eigenvalue weighted by Gasteiger charge is -2.10. The normalized spacial score (nSPS) is 11.6. The number of carbonyl (C=O) groups excluding carboxylic acids is 1. The van der Waals surface area contributed by atoms with E-state index in [1.807, 2.05) is 13.8 Å². The molecule has 5 nitrogen and oxygen atoms in total. The number of aryl methyl sites for hydroxylation is 1. The lowest BCUT2D eigenvalue weighted by Crippen LogP contribution is -2.27. The Bertz CT molecular complexity index is 898. The van der Waals surface area contributed by atoms with Crippen LogP contribution in [0.4, 0.5) is 5.69 Å². The second-order valence-corrected chi connectivity index (χ2v) is 9.17. The first-order valence-electron chi connectivity index (χ1n) is 8.51. The summed E-state index contributed by atoms with van der Waals surface area (Å²) in [6.45, 7) is 4.26. The van der Waals surface area contributed by atoms with E-state index in [1.165, 1.54) is 0 Å². The number of benzene rings is 2. The monoisotopic (exact) mass is 428 g/mol. The Morgan fingerprint density at radius 2 is 1.74 bits per heavy atom. The zero-order valence-electron chi connectivity index (χ0n) is 15.1. The van der Waals surface area contributed by atoms with Crippen molar-refractivity contribution in [2.75, 3.05) is 11.9 Å². The molecule has 0 aliphatic carbocycles. The Morgan fingerprint density at radius 3 is 2.37 bits per heavy atom. The number of rotatable bonds is 8. The molecule has 0 fully saturated rings. The number of sulfonamides is 1. The molecule has 0 radical (unpaired) electrons. The molecule has 146 valence electrons. The maximum atomic E-state index is 12.2. The highest BCUT2D eigenvalue weighted by atomic mass is 35.5. The Kier molecular flexibility index (Phi) is 7.68. The van der Waals surface area contributed by atoms with Crippen LogP contribution < -0.4 is 10.0 Å². The molecular formula is C19H22Cl2N2O3S. The molecule has 0 aromatic heterocycles. The molecule has 27 heavy (non-hydrogen) atoms. The van der Waals surface area contributed by atoms with Crippen LogP contribution >= 0.6 is 23.2 Å². The van der Waals surface area contributed by atoms with Gasteiger partial charge in [0.1, 0.15) is 0 Å². The largest absolute Gasteiger partial charge is 0.325 e. The SMILES string of the molecule is CC(C)CNS(=O)(=O)c1ccc(CCC(=O)Nc2cc(Cl)ccc2Cl)cc1. The zero-order chi connectivity index (χ0) is 20.0. The predicted octanol–water partition coefficient (Wildman–Crippen LogP) is 4.50. The maximum Gasteiger partial charge on any atom is 0.240 e. The Morgan fingerprint density at radius 1 is 1.07 bits per heavy atom. The number of amides is 1. The number of nitrogens with one attached hydrogen (secondary N) is 2. The first-order valence-corrected chi connectivity index (χ1v) is 10.7. The number of hydrogen-bond donors (Lipinski definition) is 2. The molecule has 2 N–H and O–H groups in total. The summed E-state index contributed by atoms with van der Waals surface area (Å²) in [5.41, 5.74) is 1.33. The molecule has 1 amide bonds. The van der Waals surface area contributed by atoms with Gasteiger partial charge in [-0.15, -0.1) is 0 Å². The Balaban J connectivity index is 1.93. The lowest BCUT2D eigenvalue weighted by atomic mass is 10.1. The minimum absolute atomic E-state index is 0.200. The molecule has 0 spiro atoms. The number of carbonyl (C=O) groups is 1. The summed E-state index contributed by atoms with van der Waals surface area (Å²) in [4.78, 5) is 12.3. The van der Waals surface area contributed by atoms with Gasteiger partial charge in [-0.3, -0.25) is 4.79 Å². The van der Waals surface area contributed by atoms with Crippen molar-refractivity contribution in [2.45, 2.75) is 31.6 Å². The van der Waals surface area contributed by atoms with Gasteiger partial charge in [0.15, 0.2) is 0 Å². The third-order valence-electron chi connectivity index (χ3n) is 3.76. The van der Waals surface area contributed by atoms with Crippen LogP contribution in [0.5, 0.6) is 0 Å². The first kappa shape index (κ1) is 21.7. The molecule has 2 aromatic rings.